The highest BCUT2D eigenvalue weighted by Crippen LogP contribution is 2.56. The first kappa shape index (κ1) is 12.6. The van der Waals surface area contributed by atoms with Gasteiger partial charge < -0.3 is 10.0 Å². The Morgan fingerprint density at radius 1 is 1.29 bits per heavy atom. The maximum atomic E-state index is 9.67. The number of hydrogen-bond donors (Lipinski definition) is 1. The summed E-state index contributed by atoms with van der Waals surface area (Å²) in [4.78, 5) is 2.25. The summed E-state index contributed by atoms with van der Waals surface area (Å²) >= 11 is 0. The van der Waals surface area contributed by atoms with Gasteiger partial charge in [-0.3, -0.25) is 0 Å². The van der Waals surface area contributed by atoms with E-state index >= 15 is 0 Å². The molecule has 0 aliphatic heterocycles. The van der Waals surface area contributed by atoms with Gasteiger partial charge in [-0.1, -0.05) is 23.8 Å². The summed E-state index contributed by atoms with van der Waals surface area (Å²) < 4.78 is 0. The molecule has 94 valence electrons. The molecule has 1 atom stereocenters. The van der Waals surface area contributed by atoms with Crippen molar-refractivity contribution in [1.82, 2.24) is 4.90 Å². The summed E-state index contributed by atoms with van der Waals surface area (Å²) in [7, 11) is 4.23. The lowest BCUT2D eigenvalue weighted by molar-refractivity contribution is 0.115. The van der Waals surface area contributed by atoms with Crippen LogP contribution in [0.3, 0.4) is 0 Å². The van der Waals surface area contributed by atoms with Gasteiger partial charge in [-0.25, -0.2) is 0 Å². The SMILES string of the molecule is Cc1ccc(C)c(C(N(C)C)C2(CO)CC2)c1. The van der Waals surface area contributed by atoms with E-state index in [0.29, 0.717) is 12.6 Å². The number of nitrogens with zero attached hydrogens (tertiary/aromatic N) is 1. The Morgan fingerprint density at radius 2 is 1.94 bits per heavy atom. The highest BCUT2D eigenvalue weighted by Gasteiger charge is 2.50. The van der Waals surface area contributed by atoms with Crippen LogP contribution < -0.4 is 0 Å². The van der Waals surface area contributed by atoms with Gasteiger partial charge in [0.05, 0.1) is 6.61 Å². The molecular weight excluding hydrogens is 210 g/mol. The zero-order valence-corrected chi connectivity index (χ0v) is 11.3. The van der Waals surface area contributed by atoms with E-state index in [-0.39, 0.29) is 5.41 Å². The molecule has 1 aromatic carbocycles. The van der Waals surface area contributed by atoms with E-state index in [9.17, 15) is 5.11 Å². The fourth-order valence-electron chi connectivity index (χ4n) is 2.89. The van der Waals surface area contributed by atoms with Gasteiger partial charge in [-0.2, -0.15) is 0 Å². The van der Waals surface area contributed by atoms with Crippen molar-refractivity contribution in [3.8, 4) is 0 Å². The molecule has 0 spiro atoms. The van der Waals surface area contributed by atoms with E-state index in [4.69, 9.17) is 0 Å². The molecule has 0 amide bonds. The molecule has 0 radical (unpaired) electrons. The van der Waals surface area contributed by atoms with Crippen LogP contribution in [-0.4, -0.2) is 30.7 Å². The zero-order chi connectivity index (χ0) is 12.6. The van der Waals surface area contributed by atoms with Gasteiger partial charge in [0.25, 0.3) is 0 Å². The van der Waals surface area contributed by atoms with Gasteiger partial charge in [0.2, 0.25) is 0 Å². The second-order valence-corrected chi connectivity index (χ2v) is 5.75. The second kappa shape index (κ2) is 4.43. The molecule has 1 aromatic rings. The van der Waals surface area contributed by atoms with E-state index in [0.717, 1.165) is 12.8 Å². The van der Waals surface area contributed by atoms with Crippen LogP contribution in [0.25, 0.3) is 0 Å². The summed E-state index contributed by atoms with van der Waals surface area (Å²) in [5.41, 5.74) is 4.10. The van der Waals surface area contributed by atoms with Crippen LogP contribution in [0, 0.1) is 19.3 Å². The van der Waals surface area contributed by atoms with Crippen molar-refractivity contribution >= 4 is 0 Å². The van der Waals surface area contributed by atoms with Gasteiger partial charge >= 0.3 is 0 Å². The molecule has 0 bridgehead atoms. The van der Waals surface area contributed by atoms with Gasteiger partial charge in [-0.05, 0) is 51.9 Å². The summed E-state index contributed by atoms with van der Waals surface area (Å²) in [5, 5.41) is 9.67. The highest BCUT2D eigenvalue weighted by molar-refractivity contribution is 5.35. The number of benzene rings is 1. The summed E-state index contributed by atoms with van der Waals surface area (Å²) in [6.07, 6.45) is 2.28. The van der Waals surface area contributed by atoms with Gasteiger partial charge in [0.1, 0.15) is 0 Å². The third kappa shape index (κ3) is 2.24. The van der Waals surface area contributed by atoms with Crippen LogP contribution in [0.2, 0.25) is 0 Å². The first-order chi connectivity index (χ1) is 8.00. The van der Waals surface area contributed by atoms with Gasteiger partial charge in [-0.15, -0.1) is 0 Å². The van der Waals surface area contributed by atoms with Crippen molar-refractivity contribution in [2.75, 3.05) is 20.7 Å². The van der Waals surface area contributed by atoms with Crippen molar-refractivity contribution in [2.24, 2.45) is 5.41 Å². The number of aliphatic hydroxyl groups is 1. The summed E-state index contributed by atoms with van der Waals surface area (Å²) in [6.45, 7) is 4.59. The van der Waals surface area contributed by atoms with Crippen molar-refractivity contribution in [3.63, 3.8) is 0 Å². The van der Waals surface area contributed by atoms with Crippen LogP contribution in [0.4, 0.5) is 0 Å². The third-order valence-corrected chi connectivity index (χ3v) is 4.03. The molecule has 1 fully saturated rings. The molecule has 2 rings (SSSR count). The number of aryl methyl sites for hydroxylation is 2. The zero-order valence-electron chi connectivity index (χ0n) is 11.3. The van der Waals surface area contributed by atoms with E-state index in [1.807, 2.05) is 0 Å². The largest absolute Gasteiger partial charge is 0.396 e. The fourth-order valence-corrected chi connectivity index (χ4v) is 2.89. The summed E-state index contributed by atoms with van der Waals surface area (Å²) in [5.74, 6) is 0. The van der Waals surface area contributed by atoms with Crippen molar-refractivity contribution in [3.05, 3.63) is 34.9 Å². The minimum absolute atomic E-state index is 0.0993. The van der Waals surface area contributed by atoms with Gasteiger partial charge in [0.15, 0.2) is 0 Å². The van der Waals surface area contributed by atoms with Crippen molar-refractivity contribution < 1.29 is 5.11 Å². The Kier molecular flexibility index (Phi) is 3.28. The van der Waals surface area contributed by atoms with E-state index in [2.05, 4.69) is 51.0 Å². The standard InChI is InChI=1S/C15H23NO/c1-11-5-6-12(2)13(9-11)14(16(3)4)15(10-17)7-8-15/h5-6,9,14,17H,7-8,10H2,1-4H3. The monoisotopic (exact) mass is 233 g/mol. The summed E-state index contributed by atoms with van der Waals surface area (Å²) in [6, 6.07) is 6.96. The van der Waals surface area contributed by atoms with Crippen molar-refractivity contribution in [1.29, 1.82) is 0 Å². The molecule has 1 aliphatic rings. The molecule has 0 saturated heterocycles. The molecule has 1 saturated carbocycles. The quantitative estimate of drug-likeness (QED) is 0.864. The predicted octanol–water partition coefficient (Wildman–Crippen LogP) is 2.68. The minimum Gasteiger partial charge on any atom is -0.396 e. The molecule has 1 aliphatic carbocycles. The Bertz CT molecular complexity index is 407. The Morgan fingerprint density at radius 3 is 2.41 bits per heavy atom. The lowest BCUT2D eigenvalue weighted by atomic mass is 9.86. The average Bonchev–Trinajstić information content (AvgIpc) is 3.04. The molecule has 17 heavy (non-hydrogen) atoms. The van der Waals surface area contributed by atoms with Crippen LogP contribution in [0.15, 0.2) is 18.2 Å². The Hall–Kier alpha value is -0.860. The van der Waals surface area contributed by atoms with E-state index < -0.39 is 0 Å². The van der Waals surface area contributed by atoms with Crippen LogP contribution in [-0.2, 0) is 0 Å². The van der Waals surface area contributed by atoms with Gasteiger partial charge in [0, 0.05) is 11.5 Å². The minimum atomic E-state index is 0.0993. The lowest BCUT2D eigenvalue weighted by Gasteiger charge is -2.33. The van der Waals surface area contributed by atoms with Crippen LogP contribution >= 0.6 is 0 Å². The van der Waals surface area contributed by atoms with E-state index in [1.54, 1.807) is 0 Å². The van der Waals surface area contributed by atoms with E-state index in [1.165, 1.54) is 16.7 Å². The third-order valence-electron chi connectivity index (χ3n) is 4.03. The molecule has 0 aromatic heterocycles. The number of rotatable bonds is 4. The Labute approximate surface area is 104 Å². The number of aliphatic hydroxyl groups excluding tert-OH is 1. The average molecular weight is 233 g/mol. The molecule has 0 heterocycles. The highest BCUT2D eigenvalue weighted by atomic mass is 16.3. The fraction of sp³-hybridized carbons (Fsp3) is 0.600. The smallest absolute Gasteiger partial charge is 0.0505 e. The molecule has 1 N–H and O–H groups in total. The first-order valence-corrected chi connectivity index (χ1v) is 6.34. The lowest BCUT2D eigenvalue weighted by Crippen LogP contribution is -2.31. The van der Waals surface area contributed by atoms with Crippen LogP contribution in [0.5, 0.6) is 0 Å². The molecule has 1 unspecified atom stereocenters. The topological polar surface area (TPSA) is 23.5 Å². The Balaban J connectivity index is 2.43. The predicted molar refractivity (Wildman–Crippen MR) is 71.1 cm³/mol. The van der Waals surface area contributed by atoms with Crippen molar-refractivity contribution in [2.45, 2.75) is 32.7 Å². The molecule has 2 nitrogen and oxygen atoms in total. The first-order valence-electron chi connectivity index (χ1n) is 6.34. The maximum Gasteiger partial charge on any atom is 0.0505 e. The number of hydrogen-bond acceptors (Lipinski definition) is 2. The second-order valence-electron chi connectivity index (χ2n) is 5.75. The maximum absolute atomic E-state index is 9.67. The van der Waals surface area contributed by atoms with Crippen LogP contribution in [0.1, 0.15) is 35.6 Å². The molecular formula is C15H23NO. The molecule has 2 heteroatoms. The normalized spacial score (nSPS) is 19.4.